The molecular formula is C23H46N2O7. The maximum absolute atomic E-state index is 11.5. The minimum atomic E-state index is 0.0297. The van der Waals surface area contributed by atoms with Gasteiger partial charge in [-0.3, -0.25) is 9.59 Å². The molecule has 0 aromatic carbocycles. The fourth-order valence-electron chi connectivity index (χ4n) is 2.50. The van der Waals surface area contributed by atoms with E-state index in [0.717, 1.165) is 45.2 Å². The lowest BCUT2D eigenvalue weighted by molar-refractivity contribution is -0.123. The summed E-state index contributed by atoms with van der Waals surface area (Å²) >= 11 is 0. The van der Waals surface area contributed by atoms with E-state index in [1.165, 1.54) is 0 Å². The van der Waals surface area contributed by atoms with Crippen molar-refractivity contribution < 1.29 is 33.3 Å². The molecule has 0 fully saturated rings. The highest BCUT2D eigenvalue weighted by Crippen LogP contribution is 1.92. The van der Waals surface area contributed by atoms with E-state index in [4.69, 9.17) is 23.7 Å². The molecule has 0 spiro atoms. The second kappa shape index (κ2) is 26.0. The molecule has 32 heavy (non-hydrogen) atoms. The SMILES string of the molecule is CCCCCNC(=O)CCOCCOCCOCCOCCOCCC(=O)NCCCC. The van der Waals surface area contributed by atoms with Gasteiger partial charge >= 0.3 is 0 Å². The molecular weight excluding hydrogens is 416 g/mol. The van der Waals surface area contributed by atoms with Crippen molar-refractivity contribution in [3.05, 3.63) is 0 Å². The van der Waals surface area contributed by atoms with E-state index < -0.39 is 0 Å². The van der Waals surface area contributed by atoms with Gasteiger partial charge in [-0.15, -0.1) is 0 Å². The fourth-order valence-corrected chi connectivity index (χ4v) is 2.50. The predicted octanol–water partition coefficient (Wildman–Crippen LogP) is 2.07. The van der Waals surface area contributed by atoms with Gasteiger partial charge in [-0.25, -0.2) is 0 Å². The third kappa shape index (κ3) is 25.0. The Balaban J connectivity index is 3.15. The molecule has 0 bridgehead atoms. The molecule has 9 nitrogen and oxygen atoms in total. The third-order valence-electron chi connectivity index (χ3n) is 4.39. The van der Waals surface area contributed by atoms with Crippen LogP contribution in [0.5, 0.6) is 0 Å². The van der Waals surface area contributed by atoms with Crippen LogP contribution in [0.3, 0.4) is 0 Å². The van der Waals surface area contributed by atoms with Crippen LogP contribution in [0.25, 0.3) is 0 Å². The zero-order valence-corrected chi connectivity index (χ0v) is 20.3. The van der Waals surface area contributed by atoms with Gasteiger partial charge in [-0.2, -0.15) is 0 Å². The number of carbonyl (C=O) groups excluding carboxylic acids is 2. The lowest BCUT2D eigenvalue weighted by atomic mass is 10.2. The Kier molecular flexibility index (Phi) is 25.0. The highest BCUT2D eigenvalue weighted by molar-refractivity contribution is 5.76. The van der Waals surface area contributed by atoms with Gasteiger partial charge in [0, 0.05) is 25.9 Å². The van der Waals surface area contributed by atoms with E-state index in [1.807, 2.05) is 0 Å². The van der Waals surface area contributed by atoms with Crippen LogP contribution >= 0.6 is 0 Å². The Labute approximate surface area is 194 Å². The molecule has 9 heteroatoms. The molecule has 0 atom stereocenters. The summed E-state index contributed by atoms with van der Waals surface area (Å²) in [6.07, 6.45) is 6.16. The monoisotopic (exact) mass is 462 g/mol. The van der Waals surface area contributed by atoms with Gasteiger partial charge in [0.1, 0.15) is 0 Å². The molecule has 0 heterocycles. The molecule has 0 aliphatic rings. The minimum Gasteiger partial charge on any atom is -0.379 e. The van der Waals surface area contributed by atoms with Gasteiger partial charge in [-0.05, 0) is 12.8 Å². The summed E-state index contributed by atoms with van der Waals surface area (Å²) in [4.78, 5) is 23.0. The van der Waals surface area contributed by atoms with Crippen molar-refractivity contribution in [2.24, 2.45) is 0 Å². The molecule has 0 saturated heterocycles. The van der Waals surface area contributed by atoms with Crippen molar-refractivity contribution in [1.82, 2.24) is 10.6 Å². The van der Waals surface area contributed by atoms with Crippen LogP contribution in [-0.4, -0.2) is 91.0 Å². The molecule has 0 aliphatic carbocycles. The van der Waals surface area contributed by atoms with Crippen molar-refractivity contribution in [2.75, 3.05) is 79.2 Å². The molecule has 0 rings (SSSR count). The van der Waals surface area contributed by atoms with Gasteiger partial charge in [-0.1, -0.05) is 33.1 Å². The summed E-state index contributed by atoms with van der Waals surface area (Å²) in [7, 11) is 0. The zero-order chi connectivity index (χ0) is 23.5. The highest BCUT2D eigenvalue weighted by atomic mass is 16.6. The zero-order valence-electron chi connectivity index (χ0n) is 20.3. The van der Waals surface area contributed by atoms with E-state index in [-0.39, 0.29) is 11.8 Å². The van der Waals surface area contributed by atoms with Gasteiger partial charge in [0.2, 0.25) is 11.8 Å². The Morgan fingerprint density at radius 3 is 1.22 bits per heavy atom. The average molecular weight is 463 g/mol. The first kappa shape index (κ1) is 30.7. The number of nitrogens with one attached hydrogen (secondary N) is 2. The largest absolute Gasteiger partial charge is 0.379 e. The minimum absolute atomic E-state index is 0.0297. The lowest BCUT2D eigenvalue weighted by Crippen LogP contribution is -2.25. The first-order valence-electron chi connectivity index (χ1n) is 12.1. The number of hydrogen-bond donors (Lipinski definition) is 2. The van der Waals surface area contributed by atoms with Crippen LogP contribution in [0.2, 0.25) is 0 Å². The summed E-state index contributed by atoms with van der Waals surface area (Å²) in [5, 5.41) is 5.73. The van der Waals surface area contributed by atoms with Crippen LogP contribution in [0.4, 0.5) is 0 Å². The van der Waals surface area contributed by atoms with Crippen LogP contribution in [0, 0.1) is 0 Å². The summed E-state index contributed by atoms with van der Waals surface area (Å²) in [5.41, 5.74) is 0. The topological polar surface area (TPSA) is 104 Å². The second-order valence-corrected chi connectivity index (χ2v) is 7.32. The van der Waals surface area contributed by atoms with Crippen molar-refractivity contribution in [3.63, 3.8) is 0 Å². The molecule has 0 radical (unpaired) electrons. The predicted molar refractivity (Wildman–Crippen MR) is 124 cm³/mol. The van der Waals surface area contributed by atoms with Crippen LogP contribution < -0.4 is 10.6 Å². The molecule has 0 aromatic heterocycles. The van der Waals surface area contributed by atoms with E-state index in [1.54, 1.807) is 0 Å². The second-order valence-electron chi connectivity index (χ2n) is 7.32. The molecule has 0 aliphatic heterocycles. The maximum Gasteiger partial charge on any atom is 0.222 e. The number of amides is 2. The number of hydrogen-bond acceptors (Lipinski definition) is 7. The Bertz CT molecular complexity index is 425. The Hall–Kier alpha value is -1.26. The highest BCUT2D eigenvalue weighted by Gasteiger charge is 2.01. The molecule has 0 unspecified atom stereocenters. The summed E-state index contributed by atoms with van der Waals surface area (Å²) < 4.78 is 27.0. The fraction of sp³-hybridized carbons (Fsp3) is 0.913. The average Bonchev–Trinajstić information content (AvgIpc) is 2.79. The quantitative estimate of drug-likeness (QED) is 0.200. The first-order valence-corrected chi connectivity index (χ1v) is 12.1. The molecule has 0 saturated carbocycles. The van der Waals surface area contributed by atoms with Gasteiger partial charge in [0.25, 0.3) is 0 Å². The molecule has 190 valence electrons. The number of rotatable bonds is 25. The smallest absolute Gasteiger partial charge is 0.222 e. The van der Waals surface area contributed by atoms with Crippen molar-refractivity contribution >= 4 is 11.8 Å². The Morgan fingerprint density at radius 2 is 0.844 bits per heavy atom. The summed E-state index contributed by atoms with van der Waals surface area (Å²) in [5.74, 6) is 0.0662. The van der Waals surface area contributed by atoms with Crippen LogP contribution in [-0.2, 0) is 33.3 Å². The van der Waals surface area contributed by atoms with Gasteiger partial charge in [0.15, 0.2) is 0 Å². The number of unbranched alkanes of at least 4 members (excludes halogenated alkanes) is 3. The summed E-state index contributed by atoms with van der Waals surface area (Å²) in [6, 6.07) is 0. The molecule has 2 amide bonds. The molecule has 2 N–H and O–H groups in total. The third-order valence-corrected chi connectivity index (χ3v) is 4.39. The first-order chi connectivity index (χ1) is 15.7. The summed E-state index contributed by atoms with van der Waals surface area (Å²) in [6.45, 7) is 10.4. The van der Waals surface area contributed by atoms with Crippen LogP contribution in [0.1, 0.15) is 58.8 Å². The Morgan fingerprint density at radius 1 is 0.500 bits per heavy atom. The van der Waals surface area contributed by atoms with Crippen molar-refractivity contribution in [3.8, 4) is 0 Å². The van der Waals surface area contributed by atoms with Gasteiger partial charge < -0.3 is 34.3 Å². The number of ether oxygens (including phenoxy) is 5. The van der Waals surface area contributed by atoms with E-state index >= 15 is 0 Å². The van der Waals surface area contributed by atoms with Crippen LogP contribution in [0.15, 0.2) is 0 Å². The van der Waals surface area contributed by atoms with E-state index in [2.05, 4.69) is 24.5 Å². The lowest BCUT2D eigenvalue weighted by Gasteiger charge is -2.08. The van der Waals surface area contributed by atoms with E-state index in [9.17, 15) is 9.59 Å². The standard InChI is InChI=1S/C23H46N2O7/c1-3-5-7-11-25-23(27)9-13-29-15-17-31-19-21-32-20-18-30-16-14-28-12-8-22(26)24-10-6-4-2/h3-21H2,1-2H3,(H,24,26)(H,25,27). The van der Waals surface area contributed by atoms with Crippen molar-refractivity contribution in [2.45, 2.75) is 58.8 Å². The normalized spacial score (nSPS) is 10.9. The van der Waals surface area contributed by atoms with E-state index in [0.29, 0.717) is 78.9 Å². The van der Waals surface area contributed by atoms with Gasteiger partial charge in [0.05, 0.1) is 66.1 Å². The number of carbonyl (C=O) groups is 2. The maximum atomic E-state index is 11.5. The molecule has 0 aromatic rings. The van der Waals surface area contributed by atoms with Crippen molar-refractivity contribution in [1.29, 1.82) is 0 Å².